The van der Waals surface area contributed by atoms with Crippen molar-refractivity contribution in [3.63, 3.8) is 0 Å². The van der Waals surface area contributed by atoms with E-state index in [1.165, 1.54) is 30.7 Å². The van der Waals surface area contributed by atoms with Crippen molar-refractivity contribution in [1.29, 1.82) is 0 Å². The summed E-state index contributed by atoms with van der Waals surface area (Å²) < 4.78 is 252. The lowest BCUT2D eigenvalue weighted by atomic mass is 9.98. The van der Waals surface area contributed by atoms with E-state index in [0.717, 1.165) is 121 Å². The molecule has 672 valence electrons. The van der Waals surface area contributed by atoms with Crippen molar-refractivity contribution in [3.05, 3.63) is 343 Å². The fraction of sp³-hybridized carbons (Fsp3) is 0.231. The molecule has 24 heteroatoms. The average molecular weight is 1780 g/mol. The monoisotopic (exact) mass is 1780 g/mol. The fourth-order valence-corrected chi connectivity index (χ4v) is 14.4. The Morgan fingerprint density at radius 1 is 0.227 bits per heavy atom. The van der Waals surface area contributed by atoms with Crippen LogP contribution in [0.5, 0.6) is 34.5 Å². The van der Waals surface area contributed by atoms with Crippen molar-refractivity contribution in [1.82, 2.24) is 0 Å². The van der Waals surface area contributed by atoms with Crippen LogP contribution in [-0.2, 0) is 12.4 Å². The number of alkyl halides is 18. The molecule has 16 aromatic carbocycles. The highest BCUT2D eigenvalue weighted by Gasteiger charge is 2.36. The minimum absolute atomic E-state index is 0.116. The Kier molecular flexibility index (Phi) is 32.9. The van der Waals surface area contributed by atoms with E-state index in [2.05, 4.69) is 31.1 Å². The fourth-order valence-electron chi connectivity index (χ4n) is 14.4. The minimum Gasteiger partial charge on any atom is -0.462 e. The van der Waals surface area contributed by atoms with Crippen molar-refractivity contribution in [3.8, 4) is 34.5 Å². The zero-order valence-corrected chi connectivity index (χ0v) is 72.9. The molecule has 0 spiro atoms. The van der Waals surface area contributed by atoms with Gasteiger partial charge >= 0.3 is 38.3 Å². The van der Waals surface area contributed by atoms with Gasteiger partial charge in [0.1, 0.15) is 34.5 Å². The number of fused-ring (bicyclic) bond motifs is 8. The highest BCUT2D eigenvalue weighted by atomic mass is 19.4. The van der Waals surface area contributed by atoms with Gasteiger partial charge < -0.3 is 28.4 Å². The van der Waals surface area contributed by atoms with Gasteiger partial charge in [0.2, 0.25) is 13.7 Å². The van der Waals surface area contributed by atoms with Gasteiger partial charge in [-0.1, -0.05) is 245 Å². The normalized spacial score (nSPS) is 11.4. The molecule has 0 bridgehead atoms. The number of halogens is 18. The largest absolute Gasteiger partial charge is 0.573 e. The van der Waals surface area contributed by atoms with Crippen LogP contribution in [-0.4, -0.2) is 39.7 Å². The van der Waals surface area contributed by atoms with Gasteiger partial charge in [0.25, 0.3) is 0 Å². The molecule has 0 N–H and O–H groups in total. The molecule has 0 aliphatic rings. The smallest absolute Gasteiger partial charge is 0.462 e. The van der Waals surface area contributed by atoms with E-state index >= 15 is 0 Å². The van der Waals surface area contributed by atoms with Crippen molar-refractivity contribution in [2.45, 2.75) is 149 Å². The van der Waals surface area contributed by atoms with Gasteiger partial charge in [-0.15, -0.1) is 26.3 Å². The molecular weight excluding hydrogens is 1690 g/mol. The van der Waals surface area contributed by atoms with E-state index in [4.69, 9.17) is 9.47 Å². The number of rotatable bonds is 10. The van der Waals surface area contributed by atoms with Crippen LogP contribution in [0.15, 0.2) is 243 Å². The molecule has 0 aliphatic carbocycles. The van der Waals surface area contributed by atoms with Gasteiger partial charge in [0.05, 0.1) is 11.1 Å². The molecule has 0 unspecified atom stereocenters. The van der Waals surface area contributed by atoms with Crippen LogP contribution < -0.4 is 28.4 Å². The van der Waals surface area contributed by atoms with Crippen LogP contribution in [0.1, 0.15) is 100 Å². The van der Waals surface area contributed by atoms with Crippen molar-refractivity contribution < 1.29 is 107 Å². The molecule has 16 aromatic rings. The first-order valence-electron chi connectivity index (χ1n) is 40.0. The summed E-state index contributed by atoms with van der Waals surface area (Å²) in [4.78, 5) is 0. The molecule has 6 nitrogen and oxygen atoms in total. The summed E-state index contributed by atoms with van der Waals surface area (Å²) in [6.45, 7) is 22.2. The van der Waals surface area contributed by atoms with Gasteiger partial charge in [-0.3, -0.25) is 0 Å². The minimum atomic E-state index is -4.66. The van der Waals surface area contributed by atoms with Gasteiger partial charge in [0.15, 0.2) is 0 Å². The van der Waals surface area contributed by atoms with Gasteiger partial charge in [-0.2, -0.15) is 43.9 Å². The van der Waals surface area contributed by atoms with Crippen LogP contribution in [0, 0.1) is 111 Å². The first-order valence-corrected chi connectivity index (χ1v) is 40.0. The Morgan fingerprint density at radius 2 is 0.508 bits per heavy atom. The highest BCUT2D eigenvalue weighted by Crippen LogP contribution is 2.42. The summed E-state index contributed by atoms with van der Waals surface area (Å²) in [6, 6.07) is 72.3. The van der Waals surface area contributed by atoms with Gasteiger partial charge in [-0.05, 0) is 252 Å². The molecule has 128 heavy (non-hydrogen) atoms. The second-order valence-corrected chi connectivity index (χ2v) is 31.1. The zero-order valence-electron chi connectivity index (χ0n) is 72.9. The maximum absolute atomic E-state index is 12.9. The summed E-state index contributed by atoms with van der Waals surface area (Å²) in [5.74, 6) is 1.53. The average Bonchev–Trinajstić information content (AvgIpc) is 0.781. The van der Waals surface area contributed by atoms with Gasteiger partial charge in [0, 0.05) is 32.3 Å². The predicted molar refractivity (Wildman–Crippen MR) is 477 cm³/mol. The third-order valence-electron chi connectivity index (χ3n) is 20.1. The molecule has 0 aromatic heterocycles. The van der Waals surface area contributed by atoms with Crippen molar-refractivity contribution in [2.24, 2.45) is 0 Å². The summed E-state index contributed by atoms with van der Waals surface area (Å²) >= 11 is 0. The summed E-state index contributed by atoms with van der Waals surface area (Å²) in [5, 5.41) is 11.7. The lowest BCUT2D eigenvalue weighted by Crippen LogP contribution is -2.18. The number of ether oxygens (including phenoxy) is 6. The number of benzene rings is 16. The third-order valence-corrected chi connectivity index (χ3v) is 20.1. The molecular formula is C104H94F18O6. The standard InChI is InChI=1S/2C13H11F3O.2C13H11F3.2C13H12F2O.2C13H13FO/c1-8-3-6-11-10(7-8)5-4-9(2)12(11)17-13(14,15)16;1-8-3-4-10-5-9(2)7-12(11(10)6-8)17-13(14,15)16;1-8-3-6-11-10(7-8)5-4-9(2)12(11)13(14,15)16;1-8-3-4-10-5-9(2)7-12(11(10)6-8)13(14,15)16;1-8-3-6-11-10(7-8)5-4-9(2)12(11)16-13(14)15;1-8-3-4-10-5-9(2)7-12(11(10)6-8)16-13(14)15;1-9-3-6-12-11(7-9)5-4-10(2)13(12)15-8-14;1-9-3-4-11-5-10(2)7-13(15-8-14)12(11)6-9/h2*3-7H,1-2H3;2*3-7H,1-2H3;2*3-7,13H,1-2H3;2*3-7H,8H2,1-2H3. The van der Waals surface area contributed by atoms with Gasteiger partial charge in [-0.25, -0.2) is 8.78 Å². The Balaban J connectivity index is 0.000000165. The van der Waals surface area contributed by atoms with Crippen molar-refractivity contribution >= 4 is 86.2 Å². The summed E-state index contributed by atoms with van der Waals surface area (Å²) in [7, 11) is 0. The van der Waals surface area contributed by atoms with E-state index in [9.17, 15) is 79.0 Å². The Labute approximate surface area is 730 Å². The molecule has 0 amide bonds. The molecule has 0 saturated heterocycles. The van der Waals surface area contributed by atoms with Crippen LogP contribution >= 0.6 is 0 Å². The van der Waals surface area contributed by atoms with E-state index in [1.54, 1.807) is 126 Å². The van der Waals surface area contributed by atoms with E-state index in [-0.39, 0.29) is 39.3 Å². The SMILES string of the molecule is Cc1cc(C(F)(F)F)c2cc(C)ccc2c1.Cc1cc(OC(F)(F)F)c2cc(C)ccc2c1.Cc1cc(OC(F)F)c2cc(C)ccc2c1.Cc1cc(OCF)c2cc(C)ccc2c1.Cc1ccc2c(C(F)(F)F)c(C)ccc2c1.Cc1ccc2c(OC(F)(F)F)c(C)ccc2c1.Cc1ccc2c(OC(F)F)c(C)ccc2c1.Cc1ccc2c(OCF)c(C)ccc2c1. The molecule has 0 radical (unpaired) electrons. The number of hydrogen-bond donors (Lipinski definition) is 0. The molecule has 0 saturated carbocycles. The molecule has 16 rings (SSSR count). The topological polar surface area (TPSA) is 55.4 Å². The first kappa shape index (κ1) is 98.9. The molecule has 0 atom stereocenters. The van der Waals surface area contributed by atoms with E-state index in [0.29, 0.717) is 44.2 Å². The Hall–Kier alpha value is -12.9. The molecule has 0 heterocycles. The third kappa shape index (κ3) is 27.6. The Morgan fingerprint density at radius 3 is 0.898 bits per heavy atom. The number of aryl methyl sites for hydroxylation is 16. The molecule has 0 aliphatic heterocycles. The predicted octanol–water partition coefficient (Wildman–Crippen LogP) is 33.3. The second-order valence-electron chi connectivity index (χ2n) is 31.1. The van der Waals surface area contributed by atoms with E-state index < -0.39 is 63.1 Å². The second kappa shape index (κ2) is 42.6. The quantitative estimate of drug-likeness (QED) is 0.127. The van der Waals surface area contributed by atoms with Crippen LogP contribution in [0.2, 0.25) is 0 Å². The first-order chi connectivity index (χ1) is 60.0. The Bertz CT molecular complexity index is 6530. The summed E-state index contributed by atoms with van der Waals surface area (Å²) in [6.07, 6.45) is -17.9. The van der Waals surface area contributed by atoms with Crippen molar-refractivity contribution in [2.75, 3.05) is 13.7 Å². The summed E-state index contributed by atoms with van der Waals surface area (Å²) in [5.41, 5.74) is 12.9. The maximum atomic E-state index is 12.9. The zero-order chi connectivity index (χ0) is 94.2. The molecule has 0 fully saturated rings. The lowest BCUT2D eigenvalue weighted by Gasteiger charge is -2.14. The van der Waals surface area contributed by atoms with E-state index in [1.807, 2.05) is 191 Å². The lowest BCUT2D eigenvalue weighted by molar-refractivity contribution is -0.275. The number of hydrogen-bond acceptors (Lipinski definition) is 6. The van der Waals surface area contributed by atoms with Crippen LogP contribution in [0.25, 0.3) is 86.2 Å². The highest BCUT2D eigenvalue weighted by molar-refractivity contribution is 5.95. The maximum Gasteiger partial charge on any atom is 0.573 e. The van der Waals surface area contributed by atoms with Crippen LogP contribution in [0.3, 0.4) is 0 Å². The van der Waals surface area contributed by atoms with Crippen LogP contribution in [0.4, 0.5) is 79.0 Å².